The molecule has 0 aliphatic carbocycles. The molecule has 0 heterocycles. The van der Waals surface area contributed by atoms with Crippen LogP contribution in [0, 0.1) is 0 Å². The zero-order chi connectivity index (χ0) is 15.9. The Morgan fingerprint density at radius 3 is 2.55 bits per heavy atom. The number of carboxylic acids is 1. The summed E-state index contributed by atoms with van der Waals surface area (Å²) in [5.74, 6) is -1.03. The Bertz CT molecular complexity index is 325. The summed E-state index contributed by atoms with van der Waals surface area (Å²) < 4.78 is 0. The van der Waals surface area contributed by atoms with Crippen molar-refractivity contribution in [2.75, 3.05) is 32.8 Å². The molecule has 0 radical (unpaired) electrons. The molecule has 0 rings (SSSR count). The molecular formula is C15H27LiN2O4. The van der Waals surface area contributed by atoms with Crippen LogP contribution in [0.25, 0.3) is 0 Å². The Kier molecular flexibility index (Phi) is 17.7. The Labute approximate surface area is 145 Å². The average molecular weight is 306 g/mol. The van der Waals surface area contributed by atoms with Crippen molar-refractivity contribution in [1.29, 1.82) is 0 Å². The van der Waals surface area contributed by atoms with Gasteiger partial charge < -0.3 is 20.3 Å². The number of carboxylic acid groups (broad SMARTS) is 1. The number of rotatable bonds is 14. The van der Waals surface area contributed by atoms with Gasteiger partial charge in [-0.15, -0.1) is 6.58 Å². The summed E-state index contributed by atoms with van der Waals surface area (Å²) in [5, 5.41) is 29.1. The topological polar surface area (TPSA) is 96.2 Å². The summed E-state index contributed by atoms with van der Waals surface area (Å²) in [4.78, 5) is 16.3. The summed E-state index contributed by atoms with van der Waals surface area (Å²) in [6.07, 6.45) is 6.69. The smallest absolute Gasteiger partial charge is 0.862 e. The van der Waals surface area contributed by atoms with Gasteiger partial charge in [0, 0.05) is 19.7 Å². The Balaban J connectivity index is 0. The second-order valence-electron chi connectivity index (χ2n) is 4.91. The molecule has 0 aromatic rings. The van der Waals surface area contributed by atoms with E-state index in [1.807, 2.05) is 6.08 Å². The number of nitrogens with zero attached hydrogens (tertiary/aromatic N) is 2. The molecule has 0 aliphatic heterocycles. The van der Waals surface area contributed by atoms with Gasteiger partial charge in [0.2, 0.25) is 0 Å². The summed E-state index contributed by atoms with van der Waals surface area (Å²) in [6, 6.07) is 0. The quantitative estimate of drug-likeness (QED) is 0.123. The average Bonchev–Trinajstić information content (AvgIpc) is 2.43. The van der Waals surface area contributed by atoms with Crippen LogP contribution >= 0.6 is 0 Å². The van der Waals surface area contributed by atoms with E-state index in [1.54, 1.807) is 4.90 Å². The van der Waals surface area contributed by atoms with E-state index in [1.165, 1.54) is 0 Å². The van der Waals surface area contributed by atoms with Crippen LogP contribution in [0.4, 0.5) is 0 Å². The maximum atomic E-state index is 11.5. The molecule has 22 heavy (non-hydrogen) atoms. The van der Waals surface area contributed by atoms with E-state index in [2.05, 4.69) is 11.6 Å². The number of hydrogen-bond acceptors (Lipinski definition) is 5. The van der Waals surface area contributed by atoms with Gasteiger partial charge in [-0.05, 0) is 38.0 Å². The van der Waals surface area contributed by atoms with Gasteiger partial charge in [0.15, 0.2) is 0 Å². The standard InChI is InChI=1S/C15H28N2O4.Li/c1-2-3-4-5-6-8-14(19)16-9-11-17(10-7-12-18)13-15(20)21;/h2,18H,1,3-13H2,(H,16,19)(H,20,21);/q;+1/p-1. The van der Waals surface area contributed by atoms with Crippen LogP contribution < -0.4 is 24.0 Å². The van der Waals surface area contributed by atoms with Gasteiger partial charge in [-0.3, -0.25) is 9.69 Å². The van der Waals surface area contributed by atoms with Crippen molar-refractivity contribution in [3.05, 3.63) is 12.7 Å². The van der Waals surface area contributed by atoms with E-state index in [4.69, 9.17) is 10.2 Å². The molecule has 0 fully saturated rings. The Morgan fingerprint density at radius 1 is 1.23 bits per heavy atom. The summed E-state index contributed by atoms with van der Waals surface area (Å²) >= 11 is 0. The zero-order valence-electron chi connectivity index (χ0n) is 13.7. The first-order valence-electron chi connectivity index (χ1n) is 7.46. The molecule has 0 saturated carbocycles. The van der Waals surface area contributed by atoms with Crippen molar-refractivity contribution in [1.82, 2.24) is 4.90 Å². The fourth-order valence-corrected chi connectivity index (χ4v) is 1.89. The molecule has 0 amide bonds. The number of carbonyl (C=O) groups is 1. The SMILES string of the molecule is C=CCCCCCC([O-])=NCCN(CCCO)CC(=O)O.[Li+]. The number of aliphatic hydroxyl groups is 1. The van der Waals surface area contributed by atoms with Gasteiger partial charge in [-0.25, -0.2) is 0 Å². The van der Waals surface area contributed by atoms with E-state index in [0.717, 1.165) is 25.7 Å². The fourth-order valence-electron chi connectivity index (χ4n) is 1.89. The van der Waals surface area contributed by atoms with Crippen LogP contribution in [-0.2, 0) is 4.79 Å². The van der Waals surface area contributed by atoms with E-state index in [0.29, 0.717) is 32.5 Å². The monoisotopic (exact) mass is 306 g/mol. The van der Waals surface area contributed by atoms with Crippen LogP contribution in [-0.4, -0.2) is 59.8 Å². The van der Waals surface area contributed by atoms with Crippen molar-refractivity contribution in [3.63, 3.8) is 0 Å². The third-order valence-electron chi connectivity index (χ3n) is 2.99. The van der Waals surface area contributed by atoms with Gasteiger partial charge in [0.05, 0.1) is 13.1 Å². The molecule has 0 aromatic heterocycles. The Hall–Kier alpha value is -0.803. The molecule has 0 unspecified atom stereocenters. The predicted molar refractivity (Wildman–Crippen MR) is 81.4 cm³/mol. The largest absolute Gasteiger partial charge is 1.00 e. The first-order chi connectivity index (χ1) is 10.1. The molecule has 7 heteroatoms. The number of aliphatic hydroxyl groups excluding tert-OH is 1. The zero-order valence-corrected chi connectivity index (χ0v) is 13.7. The number of unbranched alkanes of at least 4 members (excludes halogenated alkanes) is 3. The molecule has 0 aromatic carbocycles. The van der Waals surface area contributed by atoms with Crippen LogP contribution in [0.3, 0.4) is 0 Å². The number of allylic oxidation sites excluding steroid dienone is 1. The first-order valence-corrected chi connectivity index (χ1v) is 7.46. The fraction of sp³-hybridized carbons (Fsp3) is 0.733. The van der Waals surface area contributed by atoms with Crippen molar-refractivity contribution in [2.45, 2.75) is 38.5 Å². The van der Waals surface area contributed by atoms with E-state index >= 15 is 0 Å². The molecule has 6 nitrogen and oxygen atoms in total. The second-order valence-corrected chi connectivity index (χ2v) is 4.91. The Morgan fingerprint density at radius 2 is 1.95 bits per heavy atom. The van der Waals surface area contributed by atoms with Gasteiger partial charge in [-0.1, -0.05) is 12.5 Å². The maximum Gasteiger partial charge on any atom is 1.00 e. The van der Waals surface area contributed by atoms with Gasteiger partial charge >= 0.3 is 24.8 Å². The predicted octanol–water partition coefficient (Wildman–Crippen LogP) is -2.35. The number of aliphatic imine (C=N–C) groups is 1. The molecule has 0 aliphatic rings. The molecule has 0 atom stereocenters. The van der Waals surface area contributed by atoms with Gasteiger partial charge in [-0.2, -0.15) is 0 Å². The maximum absolute atomic E-state index is 11.5. The third-order valence-corrected chi connectivity index (χ3v) is 2.99. The molecule has 0 saturated heterocycles. The molecule has 0 bridgehead atoms. The van der Waals surface area contributed by atoms with Gasteiger partial charge in [0.25, 0.3) is 0 Å². The van der Waals surface area contributed by atoms with Crippen LogP contribution in [0.2, 0.25) is 0 Å². The molecule has 2 N–H and O–H groups in total. The van der Waals surface area contributed by atoms with Gasteiger partial charge in [0.1, 0.15) is 0 Å². The van der Waals surface area contributed by atoms with Crippen molar-refractivity contribution >= 4 is 11.9 Å². The van der Waals surface area contributed by atoms with E-state index < -0.39 is 5.97 Å². The third kappa shape index (κ3) is 15.6. The summed E-state index contributed by atoms with van der Waals surface area (Å²) in [6.45, 7) is 4.81. The first kappa shape index (κ1) is 23.5. The van der Waals surface area contributed by atoms with Crippen LogP contribution in [0.1, 0.15) is 38.5 Å². The summed E-state index contributed by atoms with van der Waals surface area (Å²) in [5.41, 5.74) is 0. The molecule has 122 valence electrons. The number of aliphatic carboxylic acids is 1. The second kappa shape index (κ2) is 16.6. The minimum Gasteiger partial charge on any atom is -0.862 e. The minimum atomic E-state index is -0.915. The van der Waals surface area contributed by atoms with Crippen molar-refractivity contribution < 1.29 is 39.0 Å². The van der Waals surface area contributed by atoms with E-state index in [9.17, 15) is 9.90 Å². The minimum absolute atomic E-state index is 0. The van der Waals surface area contributed by atoms with E-state index in [-0.39, 0.29) is 37.9 Å². The van der Waals surface area contributed by atoms with Crippen LogP contribution in [0.15, 0.2) is 17.6 Å². The normalized spacial score (nSPS) is 11.3. The summed E-state index contributed by atoms with van der Waals surface area (Å²) in [7, 11) is 0. The van der Waals surface area contributed by atoms with Crippen LogP contribution in [0.5, 0.6) is 0 Å². The van der Waals surface area contributed by atoms with Crippen molar-refractivity contribution in [3.8, 4) is 0 Å². The molecule has 0 spiro atoms. The molecular weight excluding hydrogens is 279 g/mol. The van der Waals surface area contributed by atoms with Crippen molar-refractivity contribution in [2.24, 2.45) is 4.99 Å². The number of hydrogen-bond donors (Lipinski definition) is 2.